The molecule has 0 aliphatic carbocycles. The minimum atomic E-state index is -1.24. The summed E-state index contributed by atoms with van der Waals surface area (Å²) in [6.45, 7) is -0.421. The molecule has 1 aliphatic heterocycles. The summed E-state index contributed by atoms with van der Waals surface area (Å²) in [5, 5.41) is 28.6. The van der Waals surface area contributed by atoms with Gasteiger partial charge in [-0.15, -0.1) is 0 Å². The van der Waals surface area contributed by atoms with Crippen molar-refractivity contribution >= 4 is 48.9 Å². The predicted octanol–water partition coefficient (Wildman–Crippen LogP) is -2.65. The summed E-state index contributed by atoms with van der Waals surface area (Å²) in [5.74, 6) is 0. The number of rotatable bonds is 2. The third-order valence-corrected chi connectivity index (χ3v) is 3.16. The van der Waals surface area contributed by atoms with Crippen LogP contribution in [0.4, 0.5) is 0 Å². The van der Waals surface area contributed by atoms with Crippen LogP contribution in [0.1, 0.15) is 6.23 Å². The van der Waals surface area contributed by atoms with E-state index < -0.39 is 36.7 Å². The second-order valence-electron chi connectivity index (χ2n) is 4.28. The van der Waals surface area contributed by atoms with Crippen LogP contribution >= 0.6 is 0 Å². The van der Waals surface area contributed by atoms with E-state index in [1.807, 2.05) is 0 Å². The molecule has 0 aromatic carbocycles. The van der Waals surface area contributed by atoms with Crippen LogP contribution < -0.4 is 5.56 Å². The second kappa shape index (κ2) is 6.06. The van der Waals surface area contributed by atoms with Gasteiger partial charge in [-0.25, -0.2) is 9.97 Å². The number of nitrogens with one attached hydrogen (secondary N) is 1. The van der Waals surface area contributed by atoms with Gasteiger partial charge in [0.15, 0.2) is 17.4 Å². The van der Waals surface area contributed by atoms with E-state index in [0.717, 1.165) is 0 Å². The van der Waals surface area contributed by atoms with Gasteiger partial charge in [0.05, 0.1) is 19.3 Å². The van der Waals surface area contributed by atoms with E-state index in [-0.39, 0.29) is 48.9 Å². The molecular weight excluding hydrogens is 296 g/mol. The van der Waals surface area contributed by atoms with Gasteiger partial charge in [0.25, 0.3) is 5.56 Å². The summed E-state index contributed by atoms with van der Waals surface area (Å²) in [6, 6.07) is 0. The second-order valence-corrected chi connectivity index (χ2v) is 4.28. The molecule has 0 bridgehead atoms. The Hall–Kier alpha value is -0.550. The molecule has 10 heteroatoms. The van der Waals surface area contributed by atoms with Gasteiger partial charge in [0.1, 0.15) is 18.3 Å². The number of ether oxygens (including phenoxy) is 1. The van der Waals surface area contributed by atoms with Gasteiger partial charge >= 0.3 is 0 Å². The van der Waals surface area contributed by atoms with E-state index >= 15 is 0 Å². The normalized spacial score (nSPS) is 29.6. The Morgan fingerprint density at radius 3 is 2.75 bits per heavy atom. The molecule has 104 valence electrons. The average Bonchev–Trinajstić information content (AvgIpc) is 2.94. The SMILES string of the molecule is O=c1[nH]cnc2c1ncn2[C@@H]1O[C@H](CO)[C@@H](O)[C@H]1O.[Ca]. The van der Waals surface area contributed by atoms with Gasteiger partial charge in [0.2, 0.25) is 0 Å². The Labute approximate surface area is 142 Å². The zero-order valence-corrected chi connectivity index (χ0v) is 12.6. The third kappa shape index (κ3) is 2.39. The smallest absolute Gasteiger partial charge is 0.278 e. The molecular formula is C10H12CaN4O5. The first-order valence-electron chi connectivity index (χ1n) is 5.66. The van der Waals surface area contributed by atoms with Gasteiger partial charge in [0, 0.05) is 37.7 Å². The number of fused-ring (bicyclic) bond motifs is 1. The van der Waals surface area contributed by atoms with E-state index in [1.54, 1.807) is 0 Å². The zero-order chi connectivity index (χ0) is 13.6. The molecule has 9 nitrogen and oxygen atoms in total. The summed E-state index contributed by atoms with van der Waals surface area (Å²) >= 11 is 0. The standard InChI is InChI=1S/C10H12N4O5.Ca/c15-1-4-6(16)7(17)10(19-4)14-3-13-5-8(14)11-2-12-9(5)18;/h2-4,6-7,10,15-17H,1H2,(H,11,12,18);/t4-,6-,7-,10-;/m1./s1. The van der Waals surface area contributed by atoms with E-state index in [0.29, 0.717) is 0 Å². The van der Waals surface area contributed by atoms with Crippen molar-refractivity contribution in [3.05, 3.63) is 23.0 Å². The van der Waals surface area contributed by atoms with Crippen LogP contribution in [0.15, 0.2) is 17.4 Å². The van der Waals surface area contributed by atoms with Crippen molar-refractivity contribution in [1.29, 1.82) is 0 Å². The molecule has 20 heavy (non-hydrogen) atoms. The summed E-state index contributed by atoms with van der Waals surface area (Å²) in [6.07, 6.45) is -1.78. The first-order valence-corrected chi connectivity index (χ1v) is 5.66. The summed E-state index contributed by atoms with van der Waals surface area (Å²) in [7, 11) is 0. The fourth-order valence-electron chi connectivity index (χ4n) is 2.16. The predicted molar refractivity (Wildman–Crippen MR) is 66.9 cm³/mol. The van der Waals surface area contributed by atoms with Gasteiger partial charge < -0.3 is 25.0 Å². The number of aliphatic hydroxyl groups excluding tert-OH is 3. The third-order valence-electron chi connectivity index (χ3n) is 3.16. The van der Waals surface area contributed by atoms with Crippen LogP contribution in [0.3, 0.4) is 0 Å². The Morgan fingerprint density at radius 2 is 2.10 bits per heavy atom. The Morgan fingerprint density at radius 1 is 1.35 bits per heavy atom. The number of aromatic amines is 1. The van der Waals surface area contributed by atoms with Crippen molar-refractivity contribution in [3.63, 3.8) is 0 Å². The molecule has 0 amide bonds. The minimum absolute atomic E-state index is 0. The number of H-pyrrole nitrogens is 1. The molecule has 2 aromatic heterocycles. The number of aliphatic hydroxyl groups is 3. The van der Waals surface area contributed by atoms with Crippen LogP contribution in [0.5, 0.6) is 0 Å². The molecule has 0 saturated carbocycles. The molecule has 4 N–H and O–H groups in total. The molecule has 1 aliphatic rings. The molecule has 2 aromatic rings. The molecule has 3 rings (SSSR count). The maximum Gasteiger partial charge on any atom is 0.278 e. The number of hydrogen-bond acceptors (Lipinski definition) is 7. The quantitative estimate of drug-likeness (QED) is 0.445. The summed E-state index contributed by atoms with van der Waals surface area (Å²) < 4.78 is 6.70. The van der Waals surface area contributed by atoms with Gasteiger partial charge in [-0.05, 0) is 0 Å². The van der Waals surface area contributed by atoms with E-state index in [2.05, 4.69) is 15.0 Å². The number of nitrogens with zero attached hydrogens (tertiary/aromatic N) is 3. The first-order chi connectivity index (χ1) is 9.13. The zero-order valence-electron chi connectivity index (χ0n) is 10.4. The topological polar surface area (TPSA) is 133 Å². The molecule has 0 unspecified atom stereocenters. The maximum absolute atomic E-state index is 11.5. The Balaban J connectivity index is 0.00000147. The average molecular weight is 308 g/mol. The fourth-order valence-corrected chi connectivity index (χ4v) is 2.16. The van der Waals surface area contributed by atoms with Crippen molar-refractivity contribution in [2.45, 2.75) is 24.5 Å². The molecule has 1 fully saturated rings. The van der Waals surface area contributed by atoms with E-state index in [1.165, 1.54) is 17.2 Å². The molecule has 2 radical (unpaired) electrons. The van der Waals surface area contributed by atoms with Crippen molar-refractivity contribution in [2.24, 2.45) is 0 Å². The number of imidazole rings is 1. The van der Waals surface area contributed by atoms with Gasteiger partial charge in [-0.3, -0.25) is 9.36 Å². The van der Waals surface area contributed by atoms with Crippen LogP contribution in [-0.2, 0) is 4.74 Å². The monoisotopic (exact) mass is 308 g/mol. The minimum Gasteiger partial charge on any atom is -0.394 e. The Bertz CT molecular complexity index is 658. The first kappa shape index (κ1) is 15.8. The molecule has 0 spiro atoms. The van der Waals surface area contributed by atoms with Gasteiger partial charge in [-0.2, -0.15) is 0 Å². The number of aromatic nitrogens is 4. The van der Waals surface area contributed by atoms with E-state index in [4.69, 9.17) is 9.84 Å². The maximum atomic E-state index is 11.5. The molecule has 4 atom stereocenters. The van der Waals surface area contributed by atoms with Crippen LogP contribution in [0.25, 0.3) is 11.2 Å². The van der Waals surface area contributed by atoms with Gasteiger partial charge in [-0.1, -0.05) is 0 Å². The molecule has 3 heterocycles. The van der Waals surface area contributed by atoms with Crippen LogP contribution in [0.2, 0.25) is 0 Å². The molecule has 1 saturated heterocycles. The largest absolute Gasteiger partial charge is 0.394 e. The summed E-state index contributed by atoms with van der Waals surface area (Å²) in [4.78, 5) is 21.8. The van der Waals surface area contributed by atoms with Crippen LogP contribution in [0, 0.1) is 0 Å². The van der Waals surface area contributed by atoms with Crippen molar-refractivity contribution < 1.29 is 20.1 Å². The van der Waals surface area contributed by atoms with Crippen molar-refractivity contribution in [3.8, 4) is 0 Å². The Kier molecular flexibility index (Phi) is 4.80. The number of hydrogen-bond donors (Lipinski definition) is 4. The van der Waals surface area contributed by atoms with Crippen molar-refractivity contribution in [2.75, 3.05) is 6.61 Å². The fraction of sp³-hybridized carbons (Fsp3) is 0.500. The van der Waals surface area contributed by atoms with E-state index in [9.17, 15) is 15.0 Å². The van der Waals surface area contributed by atoms with Crippen molar-refractivity contribution in [1.82, 2.24) is 19.5 Å². The van der Waals surface area contributed by atoms with Crippen LogP contribution in [-0.4, -0.2) is 97.5 Å². The summed E-state index contributed by atoms with van der Waals surface area (Å²) in [5.41, 5.74) is -0.0608.